The molecule has 19 heavy (non-hydrogen) atoms. The maximum absolute atomic E-state index is 6.16. The smallest absolute Gasteiger partial charge is 0.122 e. The number of fused-ring (bicyclic) bond motifs is 1. The van der Waals surface area contributed by atoms with Gasteiger partial charge in [-0.15, -0.1) is 0 Å². The molecule has 1 aliphatic heterocycles. The van der Waals surface area contributed by atoms with Crippen LogP contribution >= 0.6 is 0 Å². The highest BCUT2D eigenvalue weighted by atomic mass is 16.5. The van der Waals surface area contributed by atoms with E-state index in [1.807, 2.05) is 13.3 Å². The Labute approximate surface area is 114 Å². The molecule has 0 amide bonds. The molecule has 2 unspecified atom stereocenters. The minimum Gasteiger partial charge on any atom is -0.381 e. The molecule has 2 aliphatic rings. The first-order valence-corrected chi connectivity index (χ1v) is 7.25. The average molecular weight is 264 g/mol. The zero-order chi connectivity index (χ0) is 13.3. The molecule has 2 N–H and O–H groups in total. The van der Waals surface area contributed by atoms with Gasteiger partial charge in [0.1, 0.15) is 5.82 Å². The van der Waals surface area contributed by atoms with Crippen LogP contribution in [0.25, 0.3) is 0 Å². The van der Waals surface area contributed by atoms with Gasteiger partial charge >= 0.3 is 0 Å². The van der Waals surface area contributed by atoms with E-state index < -0.39 is 0 Å². The highest BCUT2D eigenvalue weighted by Crippen LogP contribution is 2.36. The number of imidazole rings is 1. The highest BCUT2D eigenvalue weighted by molar-refractivity contribution is 5.03. The summed E-state index contributed by atoms with van der Waals surface area (Å²) in [4.78, 5) is 7.00. The van der Waals surface area contributed by atoms with Gasteiger partial charge in [0.2, 0.25) is 0 Å². The van der Waals surface area contributed by atoms with Gasteiger partial charge in [0.05, 0.1) is 12.6 Å². The third kappa shape index (κ3) is 2.30. The maximum Gasteiger partial charge on any atom is 0.122 e. The SMILES string of the molecule is COC1CCCC(CN)(N2CCn3ccnc3C2)C1. The van der Waals surface area contributed by atoms with Crippen LogP contribution in [0.1, 0.15) is 31.5 Å². The fourth-order valence-corrected chi connectivity index (χ4v) is 3.67. The minimum absolute atomic E-state index is 0.107. The lowest BCUT2D eigenvalue weighted by atomic mass is 9.78. The summed E-state index contributed by atoms with van der Waals surface area (Å²) in [6, 6.07) is 0. The van der Waals surface area contributed by atoms with Crippen molar-refractivity contribution in [3.8, 4) is 0 Å². The Kier molecular flexibility index (Phi) is 3.60. The van der Waals surface area contributed by atoms with Crippen LogP contribution in [0.4, 0.5) is 0 Å². The number of nitrogens with two attached hydrogens (primary N) is 1. The number of rotatable bonds is 3. The van der Waals surface area contributed by atoms with Crippen molar-refractivity contribution in [1.82, 2.24) is 14.5 Å². The fourth-order valence-electron chi connectivity index (χ4n) is 3.67. The van der Waals surface area contributed by atoms with Crippen molar-refractivity contribution in [1.29, 1.82) is 0 Å². The molecule has 1 fully saturated rings. The Morgan fingerprint density at radius 3 is 3.21 bits per heavy atom. The molecule has 1 aromatic heterocycles. The van der Waals surface area contributed by atoms with Crippen LogP contribution in [-0.2, 0) is 17.8 Å². The van der Waals surface area contributed by atoms with Crippen molar-refractivity contribution < 1.29 is 4.74 Å². The normalized spacial score (nSPS) is 32.2. The van der Waals surface area contributed by atoms with E-state index in [4.69, 9.17) is 10.5 Å². The van der Waals surface area contributed by atoms with Crippen molar-refractivity contribution in [2.75, 3.05) is 20.2 Å². The second-order valence-electron chi connectivity index (χ2n) is 5.84. The van der Waals surface area contributed by atoms with E-state index in [0.29, 0.717) is 12.6 Å². The molecule has 0 aromatic carbocycles. The quantitative estimate of drug-likeness (QED) is 0.884. The van der Waals surface area contributed by atoms with Crippen LogP contribution in [0.5, 0.6) is 0 Å². The summed E-state index contributed by atoms with van der Waals surface area (Å²) in [5.74, 6) is 1.17. The molecular weight excluding hydrogens is 240 g/mol. The average Bonchev–Trinajstić information content (AvgIpc) is 2.94. The fraction of sp³-hybridized carbons (Fsp3) is 0.786. The second-order valence-corrected chi connectivity index (χ2v) is 5.84. The van der Waals surface area contributed by atoms with Crippen LogP contribution in [0.3, 0.4) is 0 Å². The summed E-state index contributed by atoms with van der Waals surface area (Å²) in [5, 5.41) is 0. The van der Waals surface area contributed by atoms with Gasteiger partial charge in [-0.25, -0.2) is 4.98 Å². The van der Waals surface area contributed by atoms with E-state index in [0.717, 1.165) is 26.1 Å². The van der Waals surface area contributed by atoms with E-state index in [2.05, 4.69) is 20.6 Å². The predicted octanol–water partition coefficient (Wildman–Crippen LogP) is 0.985. The van der Waals surface area contributed by atoms with Gasteiger partial charge < -0.3 is 15.0 Å². The van der Waals surface area contributed by atoms with E-state index in [1.165, 1.54) is 25.1 Å². The predicted molar refractivity (Wildman–Crippen MR) is 73.7 cm³/mol. The largest absolute Gasteiger partial charge is 0.381 e. The van der Waals surface area contributed by atoms with Crippen LogP contribution in [0.15, 0.2) is 12.4 Å². The van der Waals surface area contributed by atoms with Crippen LogP contribution in [0.2, 0.25) is 0 Å². The Balaban J connectivity index is 1.79. The number of ether oxygens (including phenoxy) is 1. The summed E-state index contributed by atoms with van der Waals surface area (Å²) in [6.45, 7) is 3.72. The third-order valence-corrected chi connectivity index (χ3v) is 4.90. The molecule has 5 nitrogen and oxygen atoms in total. The van der Waals surface area contributed by atoms with E-state index in [1.54, 1.807) is 0 Å². The summed E-state index contributed by atoms with van der Waals surface area (Å²) in [5.41, 5.74) is 6.26. The number of methoxy groups -OCH3 is 1. The lowest BCUT2D eigenvalue weighted by Crippen LogP contribution is -2.59. The minimum atomic E-state index is 0.107. The zero-order valence-electron chi connectivity index (χ0n) is 11.7. The molecule has 0 radical (unpaired) electrons. The highest BCUT2D eigenvalue weighted by Gasteiger charge is 2.41. The standard InChI is InChI=1S/C14H24N4O/c1-19-12-3-2-4-14(9-12,11-15)18-8-7-17-6-5-16-13(17)10-18/h5-6,12H,2-4,7-11,15H2,1H3. The molecule has 0 saturated heterocycles. The van der Waals surface area contributed by atoms with Gasteiger partial charge in [-0.05, 0) is 25.7 Å². The molecule has 1 aliphatic carbocycles. The van der Waals surface area contributed by atoms with Crippen LogP contribution in [0, 0.1) is 0 Å². The van der Waals surface area contributed by atoms with Crippen molar-refractivity contribution in [3.05, 3.63) is 18.2 Å². The first-order chi connectivity index (χ1) is 9.27. The second kappa shape index (κ2) is 5.23. The molecular formula is C14H24N4O. The van der Waals surface area contributed by atoms with E-state index >= 15 is 0 Å². The topological polar surface area (TPSA) is 56.3 Å². The summed E-state index contributed by atoms with van der Waals surface area (Å²) < 4.78 is 7.84. The van der Waals surface area contributed by atoms with Gasteiger partial charge in [0.15, 0.2) is 0 Å². The van der Waals surface area contributed by atoms with Gasteiger partial charge in [-0.1, -0.05) is 0 Å². The monoisotopic (exact) mass is 264 g/mol. The Bertz CT molecular complexity index is 433. The summed E-state index contributed by atoms with van der Waals surface area (Å²) in [7, 11) is 1.82. The summed E-state index contributed by atoms with van der Waals surface area (Å²) in [6.07, 6.45) is 8.94. The number of hydrogen-bond donors (Lipinski definition) is 1. The van der Waals surface area contributed by atoms with Crippen molar-refractivity contribution in [2.45, 2.75) is 50.4 Å². The molecule has 1 saturated carbocycles. The Morgan fingerprint density at radius 2 is 2.42 bits per heavy atom. The lowest BCUT2D eigenvalue weighted by Gasteiger charge is -2.49. The Morgan fingerprint density at radius 1 is 1.53 bits per heavy atom. The van der Waals surface area contributed by atoms with Crippen molar-refractivity contribution in [2.24, 2.45) is 5.73 Å². The van der Waals surface area contributed by atoms with Crippen LogP contribution in [-0.4, -0.2) is 46.3 Å². The number of hydrogen-bond acceptors (Lipinski definition) is 4. The third-order valence-electron chi connectivity index (χ3n) is 4.90. The van der Waals surface area contributed by atoms with Gasteiger partial charge in [0, 0.05) is 44.7 Å². The molecule has 106 valence electrons. The molecule has 0 spiro atoms. The Hall–Kier alpha value is -0.910. The van der Waals surface area contributed by atoms with Crippen molar-refractivity contribution in [3.63, 3.8) is 0 Å². The number of nitrogens with zero attached hydrogens (tertiary/aromatic N) is 3. The molecule has 5 heteroatoms. The molecule has 2 atom stereocenters. The molecule has 3 rings (SSSR count). The zero-order valence-corrected chi connectivity index (χ0v) is 11.7. The van der Waals surface area contributed by atoms with Gasteiger partial charge in [0.25, 0.3) is 0 Å². The maximum atomic E-state index is 6.16. The van der Waals surface area contributed by atoms with E-state index in [-0.39, 0.29) is 5.54 Å². The first kappa shape index (κ1) is 13.1. The van der Waals surface area contributed by atoms with E-state index in [9.17, 15) is 0 Å². The first-order valence-electron chi connectivity index (χ1n) is 7.25. The lowest BCUT2D eigenvalue weighted by molar-refractivity contribution is -0.0332. The molecule has 1 aromatic rings. The summed E-state index contributed by atoms with van der Waals surface area (Å²) >= 11 is 0. The number of aromatic nitrogens is 2. The van der Waals surface area contributed by atoms with Crippen LogP contribution < -0.4 is 5.73 Å². The van der Waals surface area contributed by atoms with Gasteiger partial charge in [-0.2, -0.15) is 0 Å². The van der Waals surface area contributed by atoms with Gasteiger partial charge in [-0.3, -0.25) is 4.90 Å². The molecule has 0 bridgehead atoms. The van der Waals surface area contributed by atoms with Crippen molar-refractivity contribution >= 4 is 0 Å². The molecule has 2 heterocycles.